The van der Waals surface area contributed by atoms with Crippen LogP contribution in [0.2, 0.25) is 0 Å². The zero-order chi connectivity index (χ0) is 14.1. The molecule has 1 aliphatic heterocycles. The lowest BCUT2D eigenvalue weighted by Gasteiger charge is -2.17. The van der Waals surface area contributed by atoms with Crippen molar-refractivity contribution in [2.45, 2.75) is 25.8 Å². The maximum absolute atomic E-state index is 12.1. The second-order valence-electron chi connectivity index (χ2n) is 6.28. The van der Waals surface area contributed by atoms with Gasteiger partial charge < -0.3 is 11.1 Å². The maximum atomic E-state index is 12.1. The summed E-state index contributed by atoms with van der Waals surface area (Å²) >= 11 is 0. The Balaban J connectivity index is 0.00000161. The van der Waals surface area contributed by atoms with Gasteiger partial charge in [0, 0.05) is 24.8 Å². The smallest absolute Gasteiger partial charge is 0.238 e. The summed E-state index contributed by atoms with van der Waals surface area (Å²) in [5.74, 6) is 1.38. The highest BCUT2D eigenvalue weighted by atomic mass is 35.5. The molecule has 3 unspecified atom stereocenters. The van der Waals surface area contributed by atoms with E-state index in [9.17, 15) is 4.79 Å². The molecule has 116 valence electrons. The molecular weight excluding hydrogens is 286 g/mol. The van der Waals surface area contributed by atoms with Crippen LogP contribution in [0.25, 0.3) is 0 Å². The Morgan fingerprint density at radius 1 is 1.38 bits per heavy atom. The van der Waals surface area contributed by atoms with Gasteiger partial charge in [-0.1, -0.05) is 12.1 Å². The lowest BCUT2D eigenvalue weighted by molar-refractivity contribution is -0.117. The molecule has 1 amide bonds. The second kappa shape index (κ2) is 6.77. The first-order valence-electron chi connectivity index (χ1n) is 7.46. The van der Waals surface area contributed by atoms with Crippen molar-refractivity contribution in [3.63, 3.8) is 0 Å². The Hall–Kier alpha value is -1.10. The minimum atomic E-state index is 0. The zero-order valence-electron chi connectivity index (χ0n) is 12.4. The molecule has 1 aliphatic carbocycles. The fourth-order valence-electron chi connectivity index (χ4n) is 3.66. The quantitative estimate of drug-likeness (QED) is 0.898. The molecule has 0 bridgehead atoms. The molecular formula is C16H24ClN3O. The fraction of sp³-hybridized carbons (Fsp3) is 0.562. The minimum absolute atomic E-state index is 0. The van der Waals surface area contributed by atoms with E-state index >= 15 is 0 Å². The SMILES string of the molecule is Cc1cccc(NC(=O)CN2CC3CCC(N)C3C2)c1.Cl. The van der Waals surface area contributed by atoms with Crippen molar-refractivity contribution in [3.8, 4) is 0 Å². The van der Waals surface area contributed by atoms with Crippen LogP contribution in [0.5, 0.6) is 0 Å². The van der Waals surface area contributed by atoms with Gasteiger partial charge in [0.1, 0.15) is 0 Å². The van der Waals surface area contributed by atoms with Crippen LogP contribution in [-0.4, -0.2) is 36.5 Å². The van der Waals surface area contributed by atoms with E-state index in [1.165, 1.54) is 6.42 Å². The number of hydrogen-bond acceptors (Lipinski definition) is 3. The summed E-state index contributed by atoms with van der Waals surface area (Å²) in [5.41, 5.74) is 8.16. The number of nitrogens with two attached hydrogens (primary N) is 1. The van der Waals surface area contributed by atoms with E-state index < -0.39 is 0 Å². The van der Waals surface area contributed by atoms with E-state index in [2.05, 4.69) is 10.2 Å². The van der Waals surface area contributed by atoms with Crippen molar-refractivity contribution in [1.29, 1.82) is 0 Å². The number of nitrogens with zero attached hydrogens (tertiary/aromatic N) is 1. The first kappa shape index (κ1) is 16.3. The lowest BCUT2D eigenvalue weighted by Crippen LogP contribution is -2.34. The number of amides is 1. The van der Waals surface area contributed by atoms with Crippen LogP contribution in [0.3, 0.4) is 0 Å². The Bertz CT molecular complexity index is 508. The summed E-state index contributed by atoms with van der Waals surface area (Å²) in [7, 11) is 0. The maximum Gasteiger partial charge on any atom is 0.238 e. The number of likely N-dealkylation sites (tertiary alicyclic amines) is 1. The van der Waals surface area contributed by atoms with Crippen molar-refractivity contribution >= 4 is 24.0 Å². The Morgan fingerprint density at radius 3 is 2.90 bits per heavy atom. The largest absolute Gasteiger partial charge is 0.327 e. The van der Waals surface area contributed by atoms with Crippen LogP contribution in [0, 0.1) is 18.8 Å². The Morgan fingerprint density at radius 2 is 2.19 bits per heavy atom. The molecule has 0 radical (unpaired) electrons. The number of carbonyl (C=O) groups excluding carboxylic acids is 1. The standard InChI is InChI=1S/C16H23N3O.ClH/c1-11-3-2-4-13(7-11)18-16(20)10-19-8-12-5-6-15(17)14(12)9-19;/h2-4,7,12,14-15H,5-6,8-10,17H2,1H3,(H,18,20);1H. The third-order valence-corrected chi connectivity index (χ3v) is 4.66. The van der Waals surface area contributed by atoms with Gasteiger partial charge >= 0.3 is 0 Å². The normalized spacial score (nSPS) is 28.0. The summed E-state index contributed by atoms with van der Waals surface area (Å²) < 4.78 is 0. The molecule has 2 aliphatic rings. The van der Waals surface area contributed by atoms with Gasteiger partial charge in [0.15, 0.2) is 0 Å². The second-order valence-corrected chi connectivity index (χ2v) is 6.28. The van der Waals surface area contributed by atoms with Crippen LogP contribution in [-0.2, 0) is 4.79 Å². The van der Waals surface area contributed by atoms with Gasteiger partial charge in [0.05, 0.1) is 6.54 Å². The summed E-state index contributed by atoms with van der Waals surface area (Å²) in [6.07, 6.45) is 2.38. The van der Waals surface area contributed by atoms with E-state index in [-0.39, 0.29) is 18.3 Å². The highest BCUT2D eigenvalue weighted by Gasteiger charge is 2.41. The van der Waals surface area contributed by atoms with Gasteiger partial charge in [-0.05, 0) is 49.3 Å². The number of carbonyl (C=O) groups is 1. The van der Waals surface area contributed by atoms with Crippen LogP contribution < -0.4 is 11.1 Å². The lowest BCUT2D eigenvalue weighted by atomic mass is 9.98. The number of aryl methyl sites for hydroxylation is 1. The summed E-state index contributed by atoms with van der Waals surface area (Å²) in [6, 6.07) is 8.25. The fourth-order valence-corrected chi connectivity index (χ4v) is 3.66. The third-order valence-electron chi connectivity index (χ3n) is 4.66. The highest BCUT2D eigenvalue weighted by molar-refractivity contribution is 5.92. The van der Waals surface area contributed by atoms with Crippen molar-refractivity contribution < 1.29 is 4.79 Å². The number of hydrogen-bond donors (Lipinski definition) is 2. The molecule has 3 N–H and O–H groups in total. The molecule has 4 nitrogen and oxygen atoms in total. The van der Waals surface area contributed by atoms with E-state index in [1.807, 2.05) is 31.2 Å². The number of halogens is 1. The molecule has 0 aromatic heterocycles. The van der Waals surface area contributed by atoms with E-state index in [0.29, 0.717) is 24.4 Å². The molecule has 3 atom stereocenters. The number of rotatable bonds is 3. The van der Waals surface area contributed by atoms with Crippen molar-refractivity contribution in [2.75, 3.05) is 25.0 Å². The number of nitrogens with one attached hydrogen (secondary N) is 1. The predicted molar refractivity (Wildman–Crippen MR) is 87.7 cm³/mol. The van der Waals surface area contributed by atoms with Gasteiger partial charge in [-0.3, -0.25) is 9.69 Å². The highest BCUT2D eigenvalue weighted by Crippen LogP contribution is 2.36. The van der Waals surface area contributed by atoms with Gasteiger partial charge in [-0.25, -0.2) is 0 Å². The first-order valence-corrected chi connectivity index (χ1v) is 7.46. The zero-order valence-corrected chi connectivity index (χ0v) is 13.2. The van der Waals surface area contributed by atoms with Gasteiger partial charge in [-0.15, -0.1) is 12.4 Å². The topological polar surface area (TPSA) is 58.4 Å². The number of anilines is 1. The van der Waals surface area contributed by atoms with Crippen LogP contribution in [0.1, 0.15) is 18.4 Å². The molecule has 1 saturated heterocycles. The predicted octanol–water partition coefficient (Wildman–Crippen LogP) is 2.02. The average molecular weight is 310 g/mol. The molecule has 3 rings (SSSR count). The van der Waals surface area contributed by atoms with E-state index in [0.717, 1.165) is 30.8 Å². The molecule has 2 fully saturated rings. The third kappa shape index (κ3) is 3.76. The average Bonchev–Trinajstić information content (AvgIpc) is 2.92. The summed E-state index contributed by atoms with van der Waals surface area (Å²) in [5, 5.41) is 2.97. The molecule has 1 saturated carbocycles. The molecule has 1 aromatic carbocycles. The van der Waals surface area contributed by atoms with Crippen molar-refractivity contribution in [1.82, 2.24) is 4.90 Å². The van der Waals surface area contributed by atoms with Crippen molar-refractivity contribution in [2.24, 2.45) is 17.6 Å². The summed E-state index contributed by atoms with van der Waals surface area (Å²) in [6.45, 7) is 4.51. The van der Waals surface area contributed by atoms with E-state index in [1.54, 1.807) is 0 Å². The minimum Gasteiger partial charge on any atom is -0.327 e. The van der Waals surface area contributed by atoms with Crippen LogP contribution in [0.15, 0.2) is 24.3 Å². The van der Waals surface area contributed by atoms with E-state index in [4.69, 9.17) is 5.73 Å². The summed E-state index contributed by atoms with van der Waals surface area (Å²) in [4.78, 5) is 14.3. The van der Waals surface area contributed by atoms with Crippen molar-refractivity contribution in [3.05, 3.63) is 29.8 Å². The Kier molecular flexibility index (Phi) is 5.25. The number of benzene rings is 1. The number of fused-ring (bicyclic) bond motifs is 1. The monoisotopic (exact) mass is 309 g/mol. The molecule has 21 heavy (non-hydrogen) atoms. The molecule has 1 heterocycles. The Labute approximate surface area is 132 Å². The molecule has 1 aromatic rings. The molecule has 5 heteroatoms. The first-order chi connectivity index (χ1) is 9.61. The van der Waals surface area contributed by atoms with Gasteiger partial charge in [0.25, 0.3) is 0 Å². The van der Waals surface area contributed by atoms with Crippen LogP contribution in [0.4, 0.5) is 5.69 Å². The van der Waals surface area contributed by atoms with Gasteiger partial charge in [0.2, 0.25) is 5.91 Å². The molecule has 0 spiro atoms. The van der Waals surface area contributed by atoms with Crippen LogP contribution >= 0.6 is 12.4 Å². The van der Waals surface area contributed by atoms with Gasteiger partial charge in [-0.2, -0.15) is 0 Å².